The Labute approximate surface area is 88.4 Å². The first-order valence-electron chi connectivity index (χ1n) is 5.48. The van der Waals surface area contributed by atoms with Gasteiger partial charge >= 0.3 is 0 Å². The molecule has 86 valence electrons. The number of methoxy groups -OCH3 is 1. The fourth-order valence-corrected chi connectivity index (χ4v) is 1.69. The van der Waals surface area contributed by atoms with Crippen LogP contribution in [0.4, 0.5) is 0 Å². The van der Waals surface area contributed by atoms with E-state index in [0.717, 1.165) is 6.42 Å². The summed E-state index contributed by atoms with van der Waals surface area (Å²) in [5.74, 6) is 6.16. The van der Waals surface area contributed by atoms with Crippen molar-refractivity contribution in [2.75, 3.05) is 7.11 Å². The molecule has 0 rings (SSSR count). The van der Waals surface area contributed by atoms with E-state index in [1.165, 1.54) is 12.8 Å². The minimum atomic E-state index is -0.0982. The molecular formula is C11H26N2O. The Hall–Kier alpha value is -0.120. The van der Waals surface area contributed by atoms with E-state index in [9.17, 15) is 0 Å². The largest absolute Gasteiger partial charge is 0.379 e. The predicted octanol–water partition coefficient (Wildman–Crippen LogP) is 2.07. The highest BCUT2D eigenvalue weighted by Gasteiger charge is 2.25. The average Bonchev–Trinajstić information content (AvgIpc) is 2.14. The highest BCUT2D eigenvalue weighted by atomic mass is 16.5. The van der Waals surface area contributed by atoms with Crippen molar-refractivity contribution < 1.29 is 4.74 Å². The molecule has 0 aliphatic carbocycles. The Morgan fingerprint density at radius 2 is 2.00 bits per heavy atom. The van der Waals surface area contributed by atoms with Crippen molar-refractivity contribution in [2.45, 2.75) is 58.6 Å². The normalized spacial score (nSPS) is 16.7. The van der Waals surface area contributed by atoms with Gasteiger partial charge in [0.25, 0.3) is 0 Å². The quantitative estimate of drug-likeness (QED) is 0.491. The molecule has 0 bridgehead atoms. The van der Waals surface area contributed by atoms with E-state index in [1.54, 1.807) is 7.11 Å². The number of hydrazine groups is 1. The maximum absolute atomic E-state index is 5.56. The molecule has 0 spiro atoms. The molecule has 0 saturated heterocycles. The summed E-state index contributed by atoms with van der Waals surface area (Å²) in [6.07, 6.45) is 3.35. The molecule has 0 aromatic rings. The molecule has 0 amide bonds. The molecule has 3 N–H and O–H groups in total. The SMILES string of the molecule is CCCC(C)C(CC(C)(C)OC)NN. The monoisotopic (exact) mass is 202 g/mol. The highest BCUT2D eigenvalue weighted by Crippen LogP contribution is 2.21. The van der Waals surface area contributed by atoms with Crippen molar-refractivity contribution >= 4 is 0 Å². The van der Waals surface area contributed by atoms with E-state index in [4.69, 9.17) is 10.6 Å². The summed E-state index contributed by atoms with van der Waals surface area (Å²) in [7, 11) is 1.75. The van der Waals surface area contributed by atoms with Gasteiger partial charge in [-0.3, -0.25) is 11.3 Å². The van der Waals surface area contributed by atoms with Crippen LogP contribution in [0.15, 0.2) is 0 Å². The van der Waals surface area contributed by atoms with Crippen molar-refractivity contribution in [1.82, 2.24) is 5.43 Å². The number of hydrogen-bond acceptors (Lipinski definition) is 3. The van der Waals surface area contributed by atoms with Gasteiger partial charge in [-0.1, -0.05) is 20.3 Å². The van der Waals surface area contributed by atoms with Gasteiger partial charge in [-0.15, -0.1) is 0 Å². The standard InChI is InChI=1S/C11H26N2O/c1-6-7-9(2)10(13-12)8-11(3,4)14-5/h9-10,13H,6-8,12H2,1-5H3. The Balaban J connectivity index is 4.14. The third-order valence-electron chi connectivity index (χ3n) is 2.91. The molecule has 0 aliphatic rings. The van der Waals surface area contributed by atoms with E-state index >= 15 is 0 Å². The van der Waals surface area contributed by atoms with Gasteiger partial charge in [0, 0.05) is 13.2 Å². The van der Waals surface area contributed by atoms with Crippen molar-refractivity contribution in [1.29, 1.82) is 0 Å². The van der Waals surface area contributed by atoms with Crippen LogP contribution in [0.3, 0.4) is 0 Å². The minimum Gasteiger partial charge on any atom is -0.379 e. The summed E-state index contributed by atoms with van der Waals surface area (Å²) in [4.78, 5) is 0. The molecule has 14 heavy (non-hydrogen) atoms. The van der Waals surface area contributed by atoms with Crippen LogP contribution in [0.1, 0.15) is 47.0 Å². The lowest BCUT2D eigenvalue weighted by atomic mass is 9.88. The minimum absolute atomic E-state index is 0.0982. The average molecular weight is 202 g/mol. The van der Waals surface area contributed by atoms with Crippen LogP contribution in [0, 0.1) is 5.92 Å². The summed E-state index contributed by atoms with van der Waals surface area (Å²) in [6, 6.07) is 0.338. The van der Waals surface area contributed by atoms with Gasteiger partial charge in [-0.2, -0.15) is 0 Å². The second-order valence-electron chi connectivity index (χ2n) is 4.71. The lowest BCUT2D eigenvalue weighted by Gasteiger charge is -2.31. The number of rotatable bonds is 7. The van der Waals surface area contributed by atoms with Crippen LogP contribution < -0.4 is 11.3 Å². The second kappa shape index (κ2) is 6.38. The summed E-state index contributed by atoms with van der Waals surface area (Å²) >= 11 is 0. The van der Waals surface area contributed by atoms with Crippen molar-refractivity contribution in [3.8, 4) is 0 Å². The van der Waals surface area contributed by atoms with E-state index < -0.39 is 0 Å². The summed E-state index contributed by atoms with van der Waals surface area (Å²) in [5.41, 5.74) is 2.80. The molecule has 0 saturated carbocycles. The van der Waals surface area contributed by atoms with Crippen molar-refractivity contribution in [3.63, 3.8) is 0 Å². The van der Waals surface area contributed by atoms with Crippen molar-refractivity contribution in [3.05, 3.63) is 0 Å². The van der Waals surface area contributed by atoms with Gasteiger partial charge in [0.15, 0.2) is 0 Å². The molecule has 0 aliphatic heterocycles. The third kappa shape index (κ3) is 4.94. The number of nitrogens with one attached hydrogen (secondary N) is 1. The van der Waals surface area contributed by atoms with E-state index in [1.807, 2.05) is 0 Å². The Morgan fingerprint density at radius 3 is 2.36 bits per heavy atom. The van der Waals surface area contributed by atoms with E-state index in [0.29, 0.717) is 12.0 Å². The van der Waals surface area contributed by atoms with Gasteiger partial charge < -0.3 is 4.74 Å². The number of hydrogen-bond donors (Lipinski definition) is 2. The third-order valence-corrected chi connectivity index (χ3v) is 2.91. The molecule has 0 aromatic heterocycles. The molecule has 0 fully saturated rings. The summed E-state index contributed by atoms with van der Waals surface area (Å²) in [6.45, 7) is 8.62. The fraction of sp³-hybridized carbons (Fsp3) is 1.00. The highest BCUT2D eigenvalue weighted by molar-refractivity contribution is 4.80. The first kappa shape index (κ1) is 13.9. The Morgan fingerprint density at radius 1 is 1.43 bits per heavy atom. The lowest BCUT2D eigenvalue weighted by molar-refractivity contribution is 0.00177. The molecule has 3 nitrogen and oxygen atoms in total. The zero-order valence-electron chi connectivity index (χ0n) is 10.3. The van der Waals surface area contributed by atoms with Crippen molar-refractivity contribution in [2.24, 2.45) is 11.8 Å². The molecule has 0 radical (unpaired) electrons. The molecule has 2 atom stereocenters. The van der Waals surface area contributed by atoms with Crippen LogP contribution in [-0.4, -0.2) is 18.8 Å². The topological polar surface area (TPSA) is 47.3 Å². The first-order valence-corrected chi connectivity index (χ1v) is 5.48. The van der Waals surface area contributed by atoms with Crippen LogP contribution >= 0.6 is 0 Å². The van der Waals surface area contributed by atoms with Gasteiger partial charge in [0.1, 0.15) is 0 Å². The number of nitrogens with two attached hydrogens (primary N) is 1. The predicted molar refractivity (Wildman–Crippen MR) is 60.9 cm³/mol. The maximum Gasteiger partial charge on any atom is 0.0638 e. The smallest absolute Gasteiger partial charge is 0.0638 e. The van der Waals surface area contributed by atoms with E-state index in [2.05, 4.69) is 33.1 Å². The van der Waals surface area contributed by atoms with Crippen LogP contribution in [-0.2, 0) is 4.74 Å². The van der Waals surface area contributed by atoms with Gasteiger partial charge in [0.2, 0.25) is 0 Å². The number of ether oxygens (including phenoxy) is 1. The first-order chi connectivity index (χ1) is 6.46. The maximum atomic E-state index is 5.56. The van der Waals surface area contributed by atoms with Crippen LogP contribution in [0.5, 0.6) is 0 Å². The summed E-state index contributed by atoms with van der Waals surface area (Å²) < 4.78 is 5.40. The van der Waals surface area contributed by atoms with Gasteiger partial charge in [-0.05, 0) is 32.6 Å². The van der Waals surface area contributed by atoms with Gasteiger partial charge in [-0.25, -0.2) is 0 Å². The zero-order valence-corrected chi connectivity index (χ0v) is 10.3. The van der Waals surface area contributed by atoms with Crippen LogP contribution in [0.25, 0.3) is 0 Å². The second-order valence-corrected chi connectivity index (χ2v) is 4.71. The molecule has 0 heterocycles. The zero-order chi connectivity index (χ0) is 11.2. The Kier molecular flexibility index (Phi) is 6.33. The molecular weight excluding hydrogens is 176 g/mol. The molecule has 2 unspecified atom stereocenters. The fourth-order valence-electron chi connectivity index (χ4n) is 1.69. The van der Waals surface area contributed by atoms with Crippen LogP contribution in [0.2, 0.25) is 0 Å². The summed E-state index contributed by atoms with van der Waals surface area (Å²) in [5, 5.41) is 0. The molecule has 3 heteroatoms. The lowest BCUT2D eigenvalue weighted by Crippen LogP contribution is -2.45. The van der Waals surface area contributed by atoms with E-state index in [-0.39, 0.29) is 5.60 Å². The van der Waals surface area contributed by atoms with Gasteiger partial charge in [0.05, 0.1) is 5.60 Å². The Bertz CT molecular complexity index is 148. The molecule has 0 aromatic carbocycles.